The Bertz CT molecular complexity index is 1260. The highest BCUT2D eigenvalue weighted by Gasteiger charge is 2.20. The summed E-state index contributed by atoms with van der Waals surface area (Å²) in [4.78, 5) is 30.8. The van der Waals surface area contributed by atoms with E-state index in [-0.39, 0.29) is 17.4 Å². The summed E-state index contributed by atoms with van der Waals surface area (Å²) in [5.41, 5.74) is 2.92. The molecule has 0 atom stereocenters. The summed E-state index contributed by atoms with van der Waals surface area (Å²) in [7, 11) is 2.64. The van der Waals surface area contributed by atoms with E-state index in [9.17, 15) is 19.3 Å². The van der Waals surface area contributed by atoms with Gasteiger partial charge in [0, 0.05) is 23.9 Å². The lowest BCUT2D eigenvalue weighted by atomic mass is 9.96. The molecule has 0 saturated heterocycles. The minimum atomic E-state index is -1.01. The number of ether oxygens (including phenoxy) is 2. The molecule has 0 aliphatic carbocycles. The number of benzene rings is 2. The molecular weight excluding hydrogens is 431 g/mol. The smallest absolute Gasteiger partial charge is 0.337 e. The fourth-order valence-electron chi connectivity index (χ4n) is 3.29. The van der Waals surface area contributed by atoms with Gasteiger partial charge in [-0.05, 0) is 43.2 Å². The van der Waals surface area contributed by atoms with Gasteiger partial charge in [0.05, 0.1) is 36.1 Å². The van der Waals surface area contributed by atoms with Gasteiger partial charge in [-0.2, -0.15) is 4.39 Å². The zero-order valence-corrected chi connectivity index (χ0v) is 18.4. The summed E-state index contributed by atoms with van der Waals surface area (Å²) in [5.74, 6) is -1.25. The van der Waals surface area contributed by atoms with Crippen LogP contribution in [0, 0.1) is 22.9 Å². The van der Waals surface area contributed by atoms with Gasteiger partial charge in [0.15, 0.2) is 0 Å². The van der Waals surface area contributed by atoms with E-state index in [1.165, 1.54) is 20.4 Å². The number of nitrogens with zero attached hydrogens (tertiary/aromatic N) is 3. The van der Waals surface area contributed by atoms with Gasteiger partial charge in [0.1, 0.15) is 5.75 Å². The molecule has 1 aromatic heterocycles. The van der Waals surface area contributed by atoms with Crippen molar-refractivity contribution in [1.82, 2.24) is 9.97 Å². The minimum absolute atomic E-state index is 0.0626. The minimum Gasteiger partial charge on any atom is -0.494 e. The molecule has 33 heavy (non-hydrogen) atoms. The second kappa shape index (κ2) is 9.86. The first-order valence-electron chi connectivity index (χ1n) is 9.77. The second-order valence-electron chi connectivity index (χ2n) is 6.88. The molecule has 0 saturated carbocycles. The zero-order chi connectivity index (χ0) is 24.1. The number of hydrogen-bond donors (Lipinski definition) is 1. The maximum atomic E-state index is 13.9. The Morgan fingerprint density at radius 1 is 1.21 bits per heavy atom. The largest absolute Gasteiger partial charge is 0.494 e. The molecule has 3 aromatic rings. The first-order valence-corrected chi connectivity index (χ1v) is 9.77. The molecule has 1 N–H and O–H groups in total. The van der Waals surface area contributed by atoms with Crippen molar-refractivity contribution in [3.8, 4) is 5.75 Å². The molecule has 0 amide bonds. The summed E-state index contributed by atoms with van der Waals surface area (Å²) >= 11 is 0. The number of carbonyl (C=O) groups excluding carboxylic acids is 1. The van der Waals surface area contributed by atoms with Gasteiger partial charge in [0.2, 0.25) is 11.8 Å². The van der Waals surface area contributed by atoms with Crippen LogP contribution in [0.25, 0.3) is 5.57 Å². The number of esters is 1. The van der Waals surface area contributed by atoms with Crippen LogP contribution in [0.4, 0.5) is 21.7 Å². The molecule has 0 fully saturated rings. The molecule has 0 spiro atoms. The molecule has 0 radical (unpaired) electrons. The third-order valence-electron chi connectivity index (χ3n) is 4.87. The van der Waals surface area contributed by atoms with E-state index in [2.05, 4.69) is 15.3 Å². The zero-order valence-electron chi connectivity index (χ0n) is 18.4. The van der Waals surface area contributed by atoms with Gasteiger partial charge >= 0.3 is 11.7 Å². The predicted octanol–water partition coefficient (Wildman–Crippen LogP) is 4.82. The lowest BCUT2D eigenvalue weighted by Gasteiger charge is -2.14. The SMILES string of the molecule is C/C=C(/c1ccnc(Nc2cc([N+](=O)[O-])c(F)cc2OC)n1)c1ccc(C(=O)OC)cc1C. The van der Waals surface area contributed by atoms with Crippen molar-refractivity contribution in [2.75, 3.05) is 19.5 Å². The topological polar surface area (TPSA) is 116 Å². The van der Waals surface area contributed by atoms with Crippen molar-refractivity contribution in [3.63, 3.8) is 0 Å². The van der Waals surface area contributed by atoms with Crippen molar-refractivity contribution in [2.45, 2.75) is 13.8 Å². The highest BCUT2D eigenvalue weighted by atomic mass is 19.1. The number of halogens is 1. The number of nitrogens with one attached hydrogen (secondary N) is 1. The van der Waals surface area contributed by atoms with Crippen molar-refractivity contribution in [3.05, 3.63) is 87.0 Å². The van der Waals surface area contributed by atoms with Crippen LogP contribution < -0.4 is 10.1 Å². The number of allylic oxidation sites excluding steroid dienone is 1. The molecule has 0 bridgehead atoms. The van der Waals surface area contributed by atoms with Gasteiger partial charge in [-0.25, -0.2) is 14.8 Å². The van der Waals surface area contributed by atoms with E-state index in [0.29, 0.717) is 11.3 Å². The maximum Gasteiger partial charge on any atom is 0.337 e. The number of nitro groups is 1. The van der Waals surface area contributed by atoms with Crippen LogP contribution >= 0.6 is 0 Å². The quantitative estimate of drug-likeness (QED) is 0.308. The Morgan fingerprint density at radius 3 is 2.58 bits per heavy atom. The number of methoxy groups -OCH3 is 2. The van der Waals surface area contributed by atoms with E-state index in [4.69, 9.17) is 9.47 Å². The Hall–Kier alpha value is -4.34. The van der Waals surface area contributed by atoms with Crippen molar-refractivity contribution in [2.24, 2.45) is 0 Å². The van der Waals surface area contributed by atoms with Crippen molar-refractivity contribution >= 4 is 28.9 Å². The van der Waals surface area contributed by atoms with Crippen LogP contribution in [0.2, 0.25) is 0 Å². The first-order chi connectivity index (χ1) is 15.8. The fraction of sp³-hybridized carbons (Fsp3) is 0.174. The van der Waals surface area contributed by atoms with Gasteiger partial charge < -0.3 is 14.8 Å². The van der Waals surface area contributed by atoms with Crippen molar-refractivity contribution < 1.29 is 23.6 Å². The van der Waals surface area contributed by atoms with Crippen LogP contribution in [-0.4, -0.2) is 35.1 Å². The highest BCUT2D eigenvalue weighted by Crippen LogP contribution is 2.33. The van der Waals surface area contributed by atoms with E-state index in [1.807, 2.05) is 19.9 Å². The molecule has 0 aliphatic rings. The summed E-state index contributed by atoms with van der Waals surface area (Å²) in [5, 5.41) is 14.0. The lowest BCUT2D eigenvalue weighted by Crippen LogP contribution is -2.05. The second-order valence-corrected chi connectivity index (χ2v) is 6.88. The summed E-state index contributed by atoms with van der Waals surface area (Å²) in [6.07, 6.45) is 3.40. The number of aryl methyl sites for hydroxylation is 1. The average molecular weight is 452 g/mol. The summed E-state index contributed by atoms with van der Waals surface area (Å²) in [6.45, 7) is 3.72. The van der Waals surface area contributed by atoms with E-state index >= 15 is 0 Å². The summed E-state index contributed by atoms with van der Waals surface area (Å²) in [6, 6.07) is 8.86. The van der Waals surface area contributed by atoms with Crippen molar-refractivity contribution in [1.29, 1.82) is 0 Å². The average Bonchev–Trinajstić information content (AvgIpc) is 2.80. The van der Waals surface area contributed by atoms with E-state index in [1.54, 1.807) is 24.3 Å². The molecule has 2 aromatic carbocycles. The van der Waals surface area contributed by atoms with Gasteiger partial charge in [-0.15, -0.1) is 0 Å². The number of anilines is 2. The molecule has 1 heterocycles. The standard InChI is InChI=1S/C23H21FN4O5/c1-5-15(16-7-6-14(10-13(16)2)22(29)33-4)18-8-9-25-23(26-18)27-19-12-20(28(30)31)17(24)11-21(19)32-3/h5-12H,1-4H3,(H,25,26,27)/b15-5+. The molecule has 3 rings (SSSR count). The van der Waals surface area contributed by atoms with Gasteiger partial charge in [0.25, 0.3) is 0 Å². The predicted molar refractivity (Wildman–Crippen MR) is 120 cm³/mol. The van der Waals surface area contributed by atoms with Crippen LogP contribution in [0.1, 0.15) is 34.1 Å². The number of aromatic nitrogens is 2. The van der Waals surface area contributed by atoms with E-state index in [0.717, 1.165) is 28.8 Å². The van der Waals surface area contributed by atoms with Crippen LogP contribution in [0.5, 0.6) is 5.75 Å². The molecule has 9 nitrogen and oxygen atoms in total. The number of rotatable bonds is 7. The highest BCUT2D eigenvalue weighted by molar-refractivity contribution is 5.91. The monoisotopic (exact) mass is 452 g/mol. The first kappa shape index (κ1) is 23.3. The molecule has 0 unspecified atom stereocenters. The number of hydrogen-bond acceptors (Lipinski definition) is 8. The van der Waals surface area contributed by atoms with Gasteiger partial charge in [-0.3, -0.25) is 10.1 Å². The Kier molecular flexibility index (Phi) is 6.97. The Morgan fingerprint density at radius 2 is 1.97 bits per heavy atom. The fourth-order valence-corrected chi connectivity index (χ4v) is 3.29. The molecular formula is C23H21FN4O5. The lowest BCUT2D eigenvalue weighted by molar-refractivity contribution is -0.387. The van der Waals surface area contributed by atoms with Crippen LogP contribution in [0.15, 0.2) is 48.7 Å². The molecule has 10 heteroatoms. The normalized spacial score (nSPS) is 11.1. The third kappa shape index (κ3) is 4.95. The van der Waals surface area contributed by atoms with Crippen LogP contribution in [0.3, 0.4) is 0 Å². The third-order valence-corrected chi connectivity index (χ3v) is 4.87. The number of nitro benzene ring substituents is 1. The Labute approximate surface area is 189 Å². The molecule has 170 valence electrons. The van der Waals surface area contributed by atoms with Crippen LogP contribution in [-0.2, 0) is 4.74 Å². The maximum absolute atomic E-state index is 13.9. The molecule has 0 aliphatic heterocycles. The number of carbonyl (C=O) groups is 1. The summed E-state index contributed by atoms with van der Waals surface area (Å²) < 4.78 is 23.8. The Balaban J connectivity index is 1.98. The van der Waals surface area contributed by atoms with E-state index < -0.39 is 22.4 Å². The van der Waals surface area contributed by atoms with Gasteiger partial charge in [-0.1, -0.05) is 12.1 Å².